The summed E-state index contributed by atoms with van der Waals surface area (Å²) in [4.78, 5) is 13.0. The molecule has 0 heterocycles. The van der Waals surface area contributed by atoms with Gasteiger partial charge in [-0.05, 0) is 43.2 Å². The number of amides is 1. The summed E-state index contributed by atoms with van der Waals surface area (Å²) in [6, 6.07) is 12.8. The lowest BCUT2D eigenvalue weighted by Gasteiger charge is -2.07. The molecule has 0 aliphatic carbocycles. The lowest BCUT2D eigenvalue weighted by Crippen LogP contribution is -2.23. The van der Waals surface area contributed by atoms with Gasteiger partial charge in [0.15, 0.2) is 0 Å². The van der Waals surface area contributed by atoms with Crippen molar-refractivity contribution in [1.29, 1.82) is 0 Å². The van der Waals surface area contributed by atoms with Gasteiger partial charge in [-0.2, -0.15) is 0 Å². The molecule has 0 spiro atoms. The van der Waals surface area contributed by atoms with Crippen LogP contribution in [0, 0.1) is 19.7 Å². The lowest BCUT2D eigenvalue weighted by atomic mass is 10.1. The highest BCUT2D eigenvalue weighted by Gasteiger charge is 2.05. The molecular formula is C18H20FNOS. The van der Waals surface area contributed by atoms with Crippen molar-refractivity contribution in [2.24, 2.45) is 0 Å². The second kappa shape index (κ2) is 7.99. The Hall–Kier alpha value is -1.81. The number of rotatable bonds is 6. The fourth-order valence-corrected chi connectivity index (χ4v) is 2.94. The van der Waals surface area contributed by atoms with E-state index >= 15 is 0 Å². The van der Waals surface area contributed by atoms with Crippen molar-refractivity contribution in [3.63, 3.8) is 0 Å². The molecule has 1 N–H and O–H groups in total. The molecule has 2 rings (SSSR count). The van der Waals surface area contributed by atoms with Crippen molar-refractivity contribution in [3.05, 3.63) is 65.0 Å². The van der Waals surface area contributed by atoms with Gasteiger partial charge in [-0.1, -0.05) is 24.3 Å². The van der Waals surface area contributed by atoms with Crippen molar-refractivity contribution in [3.8, 4) is 0 Å². The molecule has 0 bridgehead atoms. The molecular weight excluding hydrogens is 297 g/mol. The zero-order valence-corrected chi connectivity index (χ0v) is 13.7. The van der Waals surface area contributed by atoms with Crippen molar-refractivity contribution in [1.82, 2.24) is 5.32 Å². The monoisotopic (exact) mass is 317 g/mol. The minimum atomic E-state index is -0.285. The molecule has 0 aromatic heterocycles. The third-order valence-electron chi connectivity index (χ3n) is 3.51. The molecule has 0 atom stereocenters. The van der Waals surface area contributed by atoms with E-state index in [1.165, 1.54) is 22.1 Å². The van der Waals surface area contributed by atoms with Gasteiger partial charge in [-0.15, -0.1) is 11.8 Å². The maximum Gasteiger partial charge on any atom is 0.221 e. The van der Waals surface area contributed by atoms with Gasteiger partial charge in [0.2, 0.25) is 5.91 Å². The first-order chi connectivity index (χ1) is 10.6. The Morgan fingerprint density at radius 2 is 1.91 bits per heavy atom. The van der Waals surface area contributed by atoms with E-state index < -0.39 is 0 Å². The van der Waals surface area contributed by atoms with E-state index in [4.69, 9.17) is 0 Å². The highest BCUT2D eigenvalue weighted by Crippen LogP contribution is 2.21. The van der Waals surface area contributed by atoms with Crippen LogP contribution in [0.4, 0.5) is 4.39 Å². The molecule has 2 aromatic carbocycles. The van der Waals surface area contributed by atoms with E-state index in [9.17, 15) is 9.18 Å². The van der Waals surface area contributed by atoms with Gasteiger partial charge in [0.05, 0.1) is 0 Å². The van der Waals surface area contributed by atoms with Crippen LogP contribution in [0.2, 0.25) is 0 Å². The van der Waals surface area contributed by atoms with E-state index in [0.29, 0.717) is 17.7 Å². The number of aryl methyl sites for hydroxylation is 2. The predicted octanol–water partition coefficient (Wildman–Crippen LogP) is 4.24. The summed E-state index contributed by atoms with van der Waals surface area (Å²) in [5, 5.41) is 2.75. The fraction of sp³-hybridized carbons (Fsp3) is 0.278. The summed E-state index contributed by atoms with van der Waals surface area (Å²) < 4.78 is 13.4. The summed E-state index contributed by atoms with van der Waals surface area (Å²) >= 11 is 1.66. The molecule has 0 aliphatic rings. The van der Waals surface area contributed by atoms with Crippen LogP contribution in [0.25, 0.3) is 0 Å². The van der Waals surface area contributed by atoms with E-state index in [2.05, 4.69) is 37.4 Å². The largest absolute Gasteiger partial charge is 0.352 e. The first kappa shape index (κ1) is 16.6. The third-order valence-corrected chi connectivity index (χ3v) is 4.51. The average Bonchev–Trinajstić information content (AvgIpc) is 2.50. The molecule has 4 heteroatoms. The topological polar surface area (TPSA) is 29.1 Å². The number of carbonyl (C=O) groups excluding carboxylic acids is 1. The highest BCUT2D eigenvalue weighted by molar-refractivity contribution is 7.99. The maximum absolute atomic E-state index is 13.4. The van der Waals surface area contributed by atoms with Crippen molar-refractivity contribution >= 4 is 17.7 Å². The summed E-state index contributed by atoms with van der Waals surface area (Å²) in [6.45, 7) is 4.40. The number of benzene rings is 2. The Bertz CT molecular complexity index is 657. The summed E-state index contributed by atoms with van der Waals surface area (Å²) in [7, 11) is 0. The Kier molecular flexibility index (Phi) is 6.01. The van der Waals surface area contributed by atoms with Crippen LogP contribution in [-0.2, 0) is 11.3 Å². The van der Waals surface area contributed by atoms with Crippen LogP contribution in [0.1, 0.15) is 23.1 Å². The molecule has 2 nitrogen and oxygen atoms in total. The molecule has 0 fully saturated rings. The fourth-order valence-electron chi connectivity index (χ4n) is 1.99. The second-order valence-corrected chi connectivity index (χ2v) is 6.38. The standard InChI is InChI=1S/C18H20FNOS/c1-13-7-8-16(11-14(13)2)22-10-9-18(21)20-12-15-5-3-4-6-17(15)19/h3-8,11H,9-10,12H2,1-2H3,(H,20,21). The van der Waals surface area contributed by atoms with Gasteiger partial charge in [0.25, 0.3) is 0 Å². The Morgan fingerprint density at radius 1 is 1.14 bits per heavy atom. The molecule has 0 saturated carbocycles. The Morgan fingerprint density at radius 3 is 2.64 bits per heavy atom. The van der Waals surface area contributed by atoms with Gasteiger partial charge in [-0.3, -0.25) is 4.79 Å². The van der Waals surface area contributed by atoms with Crippen LogP contribution in [0.15, 0.2) is 47.4 Å². The Labute approximate surface area is 135 Å². The van der Waals surface area contributed by atoms with Gasteiger partial charge in [0.1, 0.15) is 5.82 Å². The molecule has 0 unspecified atom stereocenters. The Balaban J connectivity index is 1.74. The molecule has 0 aliphatic heterocycles. The van der Waals surface area contributed by atoms with Gasteiger partial charge in [0, 0.05) is 29.2 Å². The molecule has 2 aromatic rings. The first-order valence-electron chi connectivity index (χ1n) is 7.26. The van der Waals surface area contributed by atoms with Crippen molar-refractivity contribution in [2.75, 3.05) is 5.75 Å². The average molecular weight is 317 g/mol. The molecule has 0 radical (unpaired) electrons. The van der Waals surface area contributed by atoms with Crippen molar-refractivity contribution in [2.45, 2.75) is 31.7 Å². The first-order valence-corrected chi connectivity index (χ1v) is 8.25. The molecule has 1 amide bonds. The smallest absolute Gasteiger partial charge is 0.221 e. The zero-order chi connectivity index (χ0) is 15.9. The number of hydrogen-bond donors (Lipinski definition) is 1. The number of thioether (sulfide) groups is 1. The van der Waals surface area contributed by atoms with Gasteiger partial charge in [-0.25, -0.2) is 4.39 Å². The third kappa shape index (κ3) is 4.88. The normalized spacial score (nSPS) is 10.5. The minimum Gasteiger partial charge on any atom is -0.352 e. The summed E-state index contributed by atoms with van der Waals surface area (Å²) in [6.07, 6.45) is 0.423. The molecule has 116 valence electrons. The number of halogens is 1. The van der Waals surface area contributed by atoms with E-state index in [1.54, 1.807) is 30.0 Å². The highest BCUT2D eigenvalue weighted by atomic mass is 32.2. The minimum absolute atomic E-state index is 0.0559. The molecule has 0 saturated heterocycles. The maximum atomic E-state index is 13.4. The second-order valence-electron chi connectivity index (χ2n) is 5.21. The van der Waals surface area contributed by atoms with Crippen molar-refractivity contribution < 1.29 is 9.18 Å². The van der Waals surface area contributed by atoms with E-state index in [1.807, 2.05) is 0 Å². The number of hydrogen-bond acceptors (Lipinski definition) is 2. The van der Waals surface area contributed by atoms with Gasteiger partial charge >= 0.3 is 0 Å². The predicted molar refractivity (Wildman–Crippen MR) is 89.5 cm³/mol. The zero-order valence-electron chi connectivity index (χ0n) is 12.9. The van der Waals surface area contributed by atoms with Gasteiger partial charge < -0.3 is 5.32 Å². The van der Waals surface area contributed by atoms with E-state index in [0.717, 1.165) is 0 Å². The van der Waals surface area contributed by atoms with Crippen LogP contribution >= 0.6 is 11.8 Å². The van der Waals surface area contributed by atoms with Crippen LogP contribution in [0.5, 0.6) is 0 Å². The van der Waals surface area contributed by atoms with Crippen LogP contribution in [-0.4, -0.2) is 11.7 Å². The van der Waals surface area contributed by atoms with E-state index in [-0.39, 0.29) is 18.3 Å². The van der Waals surface area contributed by atoms with Crippen LogP contribution < -0.4 is 5.32 Å². The summed E-state index contributed by atoms with van der Waals surface area (Å²) in [5.41, 5.74) is 3.04. The SMILES string of the molecule is Cc1ccc(SCCC(=O)NCc2ccccc2F)cc1C. The lowest BCUT2D eigenvalue weighted by molar-refractivity contribution is -0.120. The number of carbonyl (C=O) groups is 1. The van der Waals surface area contributed by atoms with Crippen LogP contribution in [0.3, 0.4) is 0 Å². The number of nitrogens with one attached hydrogen (secondary N) is 1. The summed E-state index contributed by atoms with van der Waals surface area (Å²) in [5.74, 6) is 0.373. The molecule has 22 heavy (non-hydrogen) atoms. The quantitative estimate of drug-likeness (QED) is 0.807.